The third kappa shape index (κ3) is 23.1. The van der Waals surface area contributed by atoms with E-state index >= 15 is 0 Å². The first kappa shape index (κ1) is 57.3. The summed E-state index contributed by atoms with van der Waals surface area (Å²) in [6.07, 6.45) is 0.250. The predicted molar refractivity (Wildman–Crippen MR) is 217 cm³/mol. The Bertz CT molecular complexity index is 2030. The summed E-state index contributed by atoms with van der Waals surface area (Å²) in [5.74, 6) is -2.20. The Balaban J connectivity index is 0. The highest BCUT2D eigenvalue weighted by atomic mass is 36.0. The SMILES string of the molecule is O=C(Cl)Cl.O=C(Cl)c1ccccc1C(=O)Cl.O=C(Cl)c1ccccc1C(=O)Cl.O=C1OC(=O)c2ccccc21.O=C1OC(=O)c2ccccc21.O=C=O.O=S(Cl)Cl.O=S=O. The van der Waals surface area contributed by atoms with Crippen LogP contribution in [0.4, 0.5) is 4.79 Å². The van der Waals surface area contributed by atoms with Crippen LogP contribution in [0.5, 0.6) is 0 Å². The zero-order chi connectivity index (χ0) is 46.5. The van der Waals surface area contributed by atoms with Crippen LogP contribution in [-0.4, -0.2) is 68.3 Å². The Morgan fingerprint density at radius 1 is 0.450 bits per heavy atom. The van der Waals surface area contributed by atoms with Crippen molar-refractivity contribution in [3.63, 3.8) is 0 Å². The normalized spacial score (nSPS) is 10.5. The molecule has 16 nitrogen and oxygen atoms in total. The molecule has 0 fully saturated rings. The summed E-state index contributed by atoms with van der Waals surface area (Å²) in [5, 5.41) is -2.72. The van der Waals surface area contributed by atoms with E-state index in [1.807, 2.05) is 0 Å². The lowest BCUT2D eigenvalue weighted by Crippen LogP contribution is -1.99. The van der Waals surface area contributed by atoms with E-state index in [4.69, 9.17) is 73.4 Å². The number of ether oxygens (including phenoxy) is 2. The van der Waals surface area contributed by atoms with Crippen LogP contribution in [0.3, 0.4) is 0 Å². The van der Waals surface area contributed by atoms with Crippen molar-refractivity contribution in [2.45, 2.75) is 0 Å². The quantitative estimate of drug-likeness (QED) is 0.106. The van der Waals surface area contributed by atoms with Gasteiger partial charge in [-0.1, -0.05) is 48.5 Å². The highest BCUT2D eigenvalue weighted by molar-refractivity contribution is 8.26. The van der Waals surface area contributed by atoms with E-state index in [1.165, 1.54) is 24.3 Å². The lowest BCUT2D eigenvalue weighted by molar-refractivity contribution is -0.191. The Labute approximate surface area is 381 Å². The smallest absolute Gasteiger partial charge is 0.373 e. The van der Waals surface area contributed by atoms with Gasteiger partial charge in [0, 0.05) is 43.6 Å². The van der Waals surface area contributed by atoms with Gasteiger partial charge in [0.25, 0.3) is 21.0 Å². The molecule has 60 heavy (non-hydrogen) atoms. The van der Waals surface area contributed by atoms with Gasteiger partial charge in [0.2, 0.25) is 9.23 Å². The van der Waals surface area contributed by atoms with Gasteiger partial charge >= 0.3 is 46.3 Å². The summed E-state index contributed by atoms with van der Waals surface area (Å²) in [7, 11) is 7.36. The van der Waals surface area contributed by atoms with E-state index in [-0.39, 0.29) is 28.4 Å². The van der Waals surface area contributed by atoms with Crippen molar-refractivity contribution < 1.29 is 74.8 Å². The molecule has 0 unspecified atom stereocenters. The van der Waals surface area contributed by atoms with E-state index < -0.39 is 70.3 Å². The van der Waals surface area contributed by atoms with Gasteiger partial charge in [-0.2, -0.15) is 18.0 Å². The fourth-order valence-electron chi connectivity index (χ4n) is 3.72. The molecule has 0 radical (unpaired) electrons. The number of halogens is 8. The van der Waals surface area contributed by atoms with Gasteiger partial charge in [-0.3, -0.25) is 24.0 Å². The number of rotatable bonds is 4. The third-order valence-corrected chi connectivity index (χ3v) is 6.62. The molecule has 26 heteroatoms. The Morgan fingerprint density at radius 2 is 0.583 bits per heavy atom. The summed E-state index contributed by atoms with van der Waals surface area (Å²) in [5.41, 5.74) is 1.99. The molecule has 0 bridgehead atoms. The van der Waals surface area contributed by atoms with Crippen LogP contribution in [0.1, 0.15) is 82.9 Å². The van der Waals surface area contributed by atoms with Crippen LogP contribution in [0.15, 0.2) is 97.1 Å². The van der Waals surface area contributed by atoms with Crippen LogP contribution in [0, 0.1) is 0 Å². The minimum atomic E-state index is -1.67. The molecule has 6 rings (SSSR count). The van der Waals surface area contributed by atoms with Gasteiger partial charge < -0.3 is 9.47 Å². The minimum Gasteiger partial charge on any atom is -0.386 e. The van der Waals surface area contributed by atoms with Gasteiger partial charge in [0.05, 0.1) is 22.3 Å². The molecular weight excluding hydrogens is 1010 g/mol. The zero-order valence-electron chi connectivity index (χ0n) is 28.6. The Hall–Kier alpha value is -4.82. The predicted octanol–water partition coefficient (Wildman–Crippen LogP) is 8.26. The molecule has 0 saturated heterocycles. The molecule has 2 heterocycles. The maximum atomic E-state index is 10.8. The maximum Gasteiger partial charge on any atom is 0.373 e. The number of benzene rings is 4. The van der Waals surface area contributed by atoms with Crippen molar-refractivity contribution in [3.8, 4) is 0 Å². The zero-order valence-corrected chi connectivity index (χ0v) is 36.3. The van der Waals surface area contributed by atoms with Gasteiger partial charge in [-0.25, -0.2) is 23.4 Å². The van der Waals surface area contributed by atoms with Gasteiger partial charge in [0.15, 0.2) is 0 Å². The first-order chi connectivity index (χ1) is 28.1. The van der Waals surface area contributed by atoms with Crippen molar-refractivity contribution in [1.82, 2.24) is 0 Å². The second-order valence-corrected chi connectivity index (χ2v) is 14.1. The van der Waals surface area contributed by atoms with Crippen molar-refractivity contribution >= 4 is 167 Å². The number of cyclic esters (lactones) is 4. The highest BCUT2D eigenvalue weighted by Crippen LogP contribution is 2.19. The lowest BCUT2D eigenvalue weighted by Gasteiger charge is -1.98. The van der Waals surface area contributed by atoms with E-state index in [0.29, 0.717) is 22.3 Å². The number of hydrogen-bond acceptors (Lipinski definition) is 16. The molecule has 4 aromatic rings. The largest absolute Gasteiger partial charge is 0.386 e. The number of hydrogen-bond donors (Lipinski definition) is 0. The average molecular weight is 1030 g/mol. The lowest BCUT2D eigenvalue weighted by atomic mass is 10.1. The molecule has 4 aromatic carbocycles. The highest BCUT2D eigenvalue weighted by Gasteiger charge is 2.29. The molecule has 0 spiro atoms. The molecule has 316 valence electrons. The molecule has 0 amide bonds. The molecule has 0 aromatic heterocycles. The van der Waals surface area contributed by atoms with Crippen molar-refractivity contribution in [1.29, 1.82) is 0 Å². The monoisotopic (exact) mass is 1020 g/mol. The fraction of sp³-hybridized carbons (Fsp3) is 0. The standard InChI is InChI=1S/2C8H4Cl2O2.2C8H4O3.CCl2O.CO2.Cl2OS.O2S/c2*9-7(11)5-3-1-2-4-6(5)8(10)12;2*9-7-5-3-1-2-4-6(5)8(10)11-7;2-1(3)4;2-1-3;1-4(2)3;1-3-2/h2*1-4H;2*1-4H;;;;. The third-order valence-electron chi connectivity index (χ3n) is 5.81. The van der Waals surface area contributed by atoms with Crippen molar-refractivity contribution in [2.24, 2.45) is 0 Å². The van der Waals surface area contributed by atoms with Gasteiger partial charge in [-0.05, 0) is 118 Å². The number of esters is 4. The molecular formula is C34H16Cl8O16S2. The summed E-state index contributed by atoms with van der Waals surface area (Å²) in [4.78, 5) is 111. The first-order valence-electron chi connectivity index (χ1n) is 14.3. The van der Waals surface area contributed by atoms with E-state index in [9.17, 15) is 38.4 Å². The van der Waals surface area contributed by atoms with E-state index in [1.54, 1.807) is 72.8 Å². The molecule has 2 aliphatic heterocycles. The molecule has 0 saturated carbocycles. The molecule has 0 atom stereocenters. The Morgan fingerprint density at radius 3 is 0.717 bits per heavy atom. The molecule has 0 aliphatic carbocycles. The minimum absolute atomic E-state index is 0.138. The second-order valence-electron chi connectivity index (χ2n) is 9.19. The molecule has 0 N–H and O–H groups in total. The maximum absolute atomic E-state index is 10.8. The molecule has 2 aliphatic rings. The number of carbonyl (C=O) groups is 9. The van der Waals surface area contributed by atoms with Crippen LogP contribution in [-0.2, 0) is 39.9 Å². The van der Waals surface area contributed by atoms with Crippen LogP contribution in [0.25, 0.3) is 0 Å². The fourth-order valence-corrected chi connectivity index (χ4v) is 4.38. The van der Waals surface area contributed by atoms with Gasteiger partial charge in [0.1, 0.15) is 0 Å². The summed E-state index contributed by atoms with van der Waals surface area (Å²) in [6.45, 7) is 0. The van der Waals surface area contributed by atoms with E-state index in [2.05, 4.69) is 54.0 Å². The Kier molecular flexibility index (Phi) is 30.6. The summed E-state index contributed by atoms with van der Waals surface area (Å²) in [6, 6.07) is 25.3. The van der Waals surface area contributed by atoms with Gasteiger partial charge in [-0.15, -0.1) is 0 Å². The first-order valence-corrected chi connectivity index (χ1v) is 20.1. The number of fused-ring (bicyclic) bond motifs is 2. The average Bonchev–Trinajstić information content (AvgIpc) is 3.64. The van der Waals surface area contributed by atoms with Crippen LogP contribution in [0.2, 0.25) is 0 Å². The summed E-state index contributed by atoms with van der Waals surface area (Å²) < 4.78 is 33.5. The van der Waals surface area contributed by atoms with Crippen molar-refractivity contribution in [3.05, 3.63) is 142 Å². The second kappa shape index (κ2) is 32.0. The van der Waals surface area contributed by atoms with Crippen molar-refractivity contribution in [2.75, 3.05) is 0 Å². The topological polar surface area (TPSA) is 257 Å². The number of carbonyl (C=O) groups excluding carboxylic acids is 11. The van der Waals surface area contributed by atoms with Crippen LogP contribution >= 0.6 is 91.0 Å². The van der Waals surface area contributed by atoms with E-state index in [0.717, 1.165) is 0 Å². The summed E-state index contributed by atoms with van der Waals surface area (Å²) >= 11 is 28.9. The van der Waals surface area contributed by atoms with Crippen LogP contribution < -0.4 is 0 Å².